The number of nitrogens with one attached hydrogen (secondary N) is 1. The Bertz CT molecular complexity index is 320. The molecule has 94 valence electrons. The normalized spacial score (nSPS) is 10.5. The van der Waals surface area contributed by atoms with Gasteiger partial charge >= 0.3 is 0 Å². The Morgan fingerprint density at radius 1 is 1.24 bits per heavy atom. The zero-order chi connectivity index (χ0) is 12.5. The molecule has 1 N–H and O–H groups in total. The molecular formula is C14H21NO2. The number of carbonyl (C=O) groups excluding carboxylic acids is 1. The SMILES string of the molecule is CCC(CC)C(=O)NOCCc1ccccc1. The van der Waals surface area contributed by atoms with Gasteiger partial charge in [0.25, 0.3) is 0 Å². The van der Waals surface area contributed by atoms with Crippen molar-refractivity contribution in [1.82, 2.24) is 5.48 Å². The number of benzene rings is 1. The zero-order valence-corrected chi connectivity index (χ0v) is 10.6. The van der Waals surface area contributed by atoms with Crippen LogP contribution < -0.4 is 5.48 Å². The zero-order valence-electron chi connectivity index (χ0n) is 10.6. The summed E-state index contributed by atoms with van der Waals surface area (Å²) < 4.78 is 0. The molecule has 0 spiro atoms. The summed E-state index contributed by atoms with van der Waals surface area (Å²) in [7, 11) is 0. The molecule has 1 aromatic carbocycles. The molecule has 0 unspecified atom stereocenters. The molecule has 3 heteroatoms. The van der Waals surface area contributed by atoms with Gasteiger partial charge in [0.1, 0.15) is 0 Å². The minimum absolute atomic E-state index is 0.0111. The highest BCUT2D eigenvalue weighted by Gasteiger charge is 2.13. The average molecular weight is 235 g/mol. The molecule has 0 atom stereocenters. The first-order valence-electron chi connectivity index (χ1n) is 6.23. The van der Waals surface area contributed by atoms with Gasteiger partial charge in [-0.3, -0.25) is 9.63 Å². The molecule has 0 aromatic heterocycles. The fourth-order valence-electron chi connectivity index (χ4n) is 1.68. The van der Waals surface area contributed by atoms with E-state index >= 15 is 0 Å². The van der Waals surface area contributed by atoms with Crippen molar-refractivity contribution in [2.24, 2.45) is 5.92 Å². The second-order valence-electron chi connectivity index (χ2n) is 4.06. The van der Waals surface area contributed by atoms with E-state index in [0.29, 0.717) is 6.61 Å². The fourth-order valence-corrected chi connectivity index (χ4v) is 1.68. The van der Waals surface area contributed by atoms with Crippen molar-refractivity contribution in [2.45, 2.75) is 33.1 Å². The van der Waals surface area contributed by atoms with E-state index in [1.807, 2.05) is 44.2 Å². The van der Waals surface area contributed by atoms with Crippen LogP contribution in [0.2, 0.25) is 0 Å². The van der Waals surface area contributed by atoms with Gasteiger partial charge in [0.05, 0.1) is 6.61 Å². The van der Waals surface area contributed by atoms with Crippen molar-refractivity contribution < 1.29 is 9.63 Å². The van der Waals surface area contributed by atoms with Crippen LogP contribution >= 0.6 is 0 Å². The minimum Gasteiger partial charge on any atom is -0.273 e. The van der Waals surface area contributed by atoms with Crippen molar-refractivity contribution in [2.75, 3.05) is 6.61 Å². The third-order valence-electron chi connectivity index (χ3n) is 2.86. The number of amides is 1. The molecule has 0 aliphatic rings. The number of hydrogen-bond acceptors (Lipinski definition) is 2. The molecular weight excluding hydrogens is 214 g/mol. The van der Waals surface area contributed by atoms with Crippen molar-refractivity contribution >= 4 is 5.91 Å². The molecule has 0 heterocycles. The molecule has 0 fully saturated rings. The summed E-state index contributed by atoms with van der Waals surface area (Å²) in [6.07, 6.45) is 2.51. The summed E-state index contributed by atoms with van der Waals surface area (Å²) in [4.78, 5) is 16.8. The van der Waals surface area contributed by atoms with Crippen molar-refractivity contribution in [1.29, 1.82) is 0 Å². The van der Waals surface area contributed by atoms with Gasteiger partial charge in [-0.25, -0.2) is 5.48 Å². The third kappa shape index (κ3) is 5.00. The summed E-state index contributed by atoms with van der Waals surface area (Å²) in [5.74, 6) is 0.0507. The number of rotatable bonds is 7. The first-order chi connectivity index (χ1) is 8.27. The summed E-state index contributed by atoms with van der Waals surface area (Å²) in [6.45, 7) is 4.53. The Hall–Kier alpha value is -1.35. The Morgan fingerprint density at radius 3 is 2.47 bits per heavy atom. The Kier molecular flexibility index (Phi) is 6.33. The molecule has 17 heavy (non-hydrogen) atoms. The molecule has 3 nitrogen and oxygen atoms in total. The van der Waals surface area contributed by atoms with E-state index in [4.69, 9.17) is 4.84 Å². The highest BCUT2D eigenvalue weighted by atomic mass is 16.6. The lowest BCUT2D eigenvalue weighted by atomic mass is 10.0. The van der Waals surface area contributed by atoms with Crippen LogP contribution in [0.15, 0.2) is 30.3 Å². The maximum atomic E-state index is 11.6. The van der Waals surface area contributed by atoms with Crippen LogP contribution in [0.3, 0.4) is 0 Å². The lowest BCUT2D eigenvalue weighted by Gasteiger charge is -2.12. The molecule has 0 aliphatic heterocycles. The quantitative estimate of drug-likeness (QED) is 0.583. The van der Waals surface area contributed by atoms with E-state index in [0.717, 1.165) is 19.3 Å². The van der Waals surface area contributed by atoms with Crippen LogP contribution in [0.4, 0.5) is 0 Å². The predicted octanol–water partition coefficient (Wildman–Crippen LogP) is 2.71. The predicted molar refractivity (Wildman–Crippen MR) is 68.3 cm³/mol. The van der Waals surface area contributed by atoms with E-state index < -0.39 is 0 Å². The minimum atomic E-state index is -0.0111. The largest absolute Gasteiger partial charge is 0.273 e. The number of hydrogen-bond donors (Lipinski definition) is 1. The highest BCUT2D eigenvalue weighted by Crippen LogP contribution is 2.06. The van der Waals surface area contributed by atoms with Gasteiger partial charge in [0.15, 0.2) is 0 Å². The summed E-state index contributed by atoms with van der Waals surface area (Å²) in [6, 6.07) is 10.1. The molecule has 0 radical (unpaired) electrons. The second-order valence-corrected chi connectivity index (χ2v) is 4.06. The van der Waals surface area contributed by atoms with Crippen molar-refractivity contribution in [3.8, 4) is 0 Å². The fraction of sp³-hybridized carbons (Fsp3) is 0.500. The van der Waals surface area contributed by atoms with Gasteiger partial charge in [-0.1, -0.05) is 44.2 Å². The highest BCUT2D eigenvalue weighted by molar-refractivity contribution is 5.77. The lowest BCUT2D eigenvalue weighted by molar-refractivity contribution is -0.137. The lowest BCUT2D eigenvalue weighted by Crippen LogP contribution is -2.30. The van der Waals surface area contributed by atoms with Gasteiger partial charge in [0.2, 0.25) is 5.91 Å². The van der Waals surface area contributed by atoms with Crippen LogP contribution in [0.5, 0.6) is 0 Å². The average Bonchev–Trinajstić information content (AvgIpc) is 2.37. The van der Waals surface area contributed by atoms with Crippen LogP contribution in [0.25, 0.3) is 0 Å². The monoisotopic (exact) mass is 235 g/mol. The molecule has 0 saturated heterocycles. The molecule has 0 bridgehead atoms. The van der Waals surface area contributed by atoms with E-state index in [2.05, 4.69) is 5.48 Å². The second kappa shape index (κ2) is 7.85. The van der Waals surface area contributed by atoms with E-state index in [1.165, 1.54) is 5.56 Å². The summed E-state index contributed by atoms with van der Waals surface area (Å²) in [5, 5.41) is 0. The molecule has 1 amide bonds. The van der Waals surface area contributed by atoms with Crippen molar-refractivity contribution in [3.05, 3.63) is 35.9 Å². The van der Waals surface area contributed by atoms with Crippen LogP contribution in [-0.2, 0) is 16.1 Å². The number of carbonyl (C=O) groups is 1. The first-order valence-corrected chi connectivity index (χ1v) is 6.23. The maximum absolute atomic E-state index is 11.6. The summed E-state index contributed by atoms with van der Waals surface area (Å²) >= 11 is 0. The van der Waals surface area contributed by atoms with E-state index in [9.17, 15) is 4.79 Å². The molecule has 1 rings (SSSR count). The standard InChI is InChI=1S/C14H21NO2/c1-3-13(4-2)14(16)15-17-11-10-12-8-6-5-7-9-12/h5-9,13H,3-4,10-11H2,1-2H3,(H,15,16). The van der Waals surface area contributed by atoms with Gasteiger partial charge in [-0.15, -0.1) is 0 Å². The molecule has 1 aromatic rings. The molecule has 0 saturated carbocycles. The summed E-state index contributed by atoms with van der Waals surface area (Å²) in [5.41, 5.74) is 3.73. The molecule has 0 aliphatic carbocycles. The third-order valence-corrected chi connectivity index (χ3v) is 2.86. The van der Waals surface area contributed by atoms with Gasteiger partial charge < -0.3 is 0 Å². The Balaban J connectivity index is 2.18. The van der Waals surface area contributed by atoms with Crippen LogP contribution in [-0.4, -0.2) is 12.5 Å². The van der Waals surface area contributed by atoms with E-state index in [1.54, 1.807) is 0 Å². The van der Waals surface area contributed by atoms with E-state index in [-0.39, 0.29) is 11.8 Å². The van der Waals surface area contributed by atoms with Gasteiger partial charge in [-0.05, 0) is 24.8 Å². The Morgan fingerprint density at radius 2 is 1.88 bits per heavy atom. The Labute approximate surface area is 103 Å². The van der Waals surface area contributed by atoms with Gasteiger partial charge in [-0.2, -0.15) is 0 Å². The van der Waals surface area contributed by atoms with Gasteiger partial charge in [0, 0.05) is 5.92 Å². The van der Waals surface area contributed by atoms with Crippen molar-refractivity contribution in [3.63, 3.8) is 0 Å². The number of hydroxylamine groups is 1. The maximum Gasteiger partial charge on any atom is 0.246 e. The smallest absolute Gasteiger partial charge is 0.246 e. The van der Waals surface area contributed by atoms with Crippen LogP contribution in [0, 0.1) is 5.92 Å². The first kappa shape index (κ1) is 13.7. The van der Waals surface area contributed by atoms with Crippen LogP contribution in [0.1, 0.15) is 32.3 Å². The topological polar surface area (TPSA) is 38.3 Å².